The van der Waals surface area contributed by atoms with E-state index in [0.29, 0.717) is 16.3 Å². The van der Waals surface area contributed by atoms with Crippen LogP contribution >= 0.6 is 22.9 Å². The van der Waals surface area contributed by atoms with Gasteiger partial charge in [0.05, 0.1) is 16.3 Å². The van der Waals surface area contributed by atoms with E-state index in [2.05, 4.69) is 11.9 Å². The van der Waals surface area contributed by atoms with Crippen LogP contribution in [0.5, 0.6) is 0 Å². The minimum Gasteiger partial charge on any atom is -0.293 e. The van der Waals surface area contributed by atoms with Crippen LogP contribution in [0.25, 0.3) is 0 Å². The van der Waals surface area contributed by atoms with Crippen LogP contribution in [0.1, 0.15) is 27.9 Å². The third kappa shape index (κ3) is 2.93. The van der Waals surface area contributed by atoms with Crippen molar-refractivity contribution in [1.82, 2.24) is 4.98 Å². The van der Waals surface area contributed by atoms with Crippen LogP contribution in [0.2, 0.25) is 5.02 Å². The Morgan fingerprint density at radius 3 is 2.76 bits per heavy atom. The van der Waals surface area contributed by atoms with Gasteiger partial charge in [-0.2, -0.15) is 0 Å². The van der Waals surface area contributed by atoms with Crippen molar-refractivity contribution in [2.75, 3.05) is 0 Å². The summed E-state index contributed by atoms with van der Waals surface area (Å²) in [4.78, 5) is 16.8. The predicted octanol–water partition coefficient (Wildman–Crippen LogP) is 3.78. The molecule has 88 valence electrons. The third-order valence-electron chi connectivity index (χ3n) is 2.51. The molecule has 2 rings (SSSR count). The van der Waals surface area contributed by atoms with E-state index >= 15 is 0 Å². The van der Waals surface area contributed by atoms with Crippen molar-refractivity contribution in [3.63, 3.8) is 0 Å². The minimum atomic E-state index is 0.0294. The van der Waals surface area contributed by atoms with Crippen LogP contribution in [0.15, 0.2) is 29.8 Å². The maximum atomic E-state index is 11.9. The Morgan fingerprint density at radius 1 is 1.41 bits per heavy atom. The number of hydrogen-bond donors (Lipinski definition) is 0. The van der Waals surface area contributed by atoms with Crippen LogP contribution in [0.4, 0.5) is 0 Å². The Kier molecular flexibility index (Phi) is 3.92. The summed E-state index contributed by atoms with van der Waals surface area (Å²) in [6.07, 6.45) is 3.08. The Balaban J connectivity index is 2.10. The monoisotopic (exact) mass is 265 g/mol. The second-order valence-corrected chi connectivity index (χ2v) is 5.03. The summed E-state index contributed by atoms with van der Waals surface area (Å²) >= 11 is 7.29. The van der Waals surface area contributed by atoms with Crippen LogP contribution in [0, 0.1) is 0 Å². The summed E-state index contributed by atoms with van der Waals surface area (Å²) in [5, 5.41) is 2.36. The van der Waals surface area contributed by atoms with Gasteiger partial charge in [-0.15, -0.1) is 11.3 Å². The normalized spacial score (nSPS) is 10.5. The van der Waals surface area contributed by atoms with Gasteiger partial charge in [0, 0.05) is 11.9 Å². The number of aryl methyl sites for hydroxylation is 1. The van der Waals surface area contributed by atoms with Crippen molar-refractivity contribution < 1.29 is 4.79 Å². The topological polar surface area (TPSA) is 30.0 Å². The van der Waals surface area contributed by atoms with E-state index < -0.39 is 0 Å². The van der Waals surface area contributed by atoms with Gasteiger partial charge in [-0.25, -0.2) is 0 Å². The second-order valence-electron chi connectivity index (χ2n) is 3.71. The lowest BCUT2D eigenvalue weighted by Gasteiger charge is -2.01. The van der Waals surface area contributed by atoms with Crippen molar-refractivity contribution in [3.8, 4) is 0 Å². The summed E-state index contributed by atoms with van der Waals surface area (Å²) in [6, 6.07) is 5.65. The largest absolute Gasteiger partial charge is 0.293 e. The first-order chi connectivity index (χ1) is 8.20. The summed E-state index contributed by atoms with van der Waals surface area (Å²) in [5.41, 5.74) is 1.96. The summed E-state index contributed by atoms with van der Waals surface area (Å²) in [6.45, 7) is 2.08. The highest BCUT2D eigenvalue weighted by Gasteiger charge is 2.12. The molecular weight excluding hydrogens is 254 g/mol. The molecule has 2 aromatic heterocycles. The molecule has 0 aliphatic rings. The average molecular weight is 266 g/mol. The van der Waals surface area contributed by atoms with Gasteiger partial charge in [-0.3, -0.25) is 9.78 Å². The zero-order chi connectivity index (χ0) is 12.3. The van der Waals surface area contributed by atoms with Gasteiger partial charge < -0.3 is 0 Å². The molecule has 0 saturated heterocycles. The highest BCUT2D eigenvalue weighted by Crippen LogP contribution is 2.23. The van der Waals surface area contributed by atoms with E-state index in [1.807, 2.05) is 23.7 Å². The standard InChI is InChI=1S/C13H12ClNOS/c1-2-9-3-4-10(15-8-9)7-12(16)13-11(14)5-6-17-13/h3-6,8H,2,7H2,1H3. The van der Waals surface area contributed by atoms with E-state index in [1.165, 1.54) is 16.9 Å². The molecule has 0 unspecified atom stereocenters. The zero-order valence-electron chi connectivity index (χ0n) is 9.44. The number of rotatable bonds is 4. The Labute approximate surface area is 109 Å². The summed E-state index contributed by atoms with van der Waals surface area (Å²) < 4.78 is 0. The summed E-state index contributed by atoms with van der Waals surface area (Å²) in [7, 11) is 0. The Hall–Kier alpha value is -1.19. The van der Waals surface area contributed by atoms with Crippen LogP contribution in [-0.2, 0) is 12.8 Å². The Morgan fingerprint density at radius 2 is 2.24 bits per heavy atom. The highest BCUT2D eigenvalue weighted by molar-refractivity contribution is 7.12. The molecule has 0 aliphatic heterocycles. The maximum Gasteiger partial charge on any atom is 0.180 e. The molecule has 2 aromatic rings. The molecule has 0 N–H and O–H groups in total. The molecule has 0 radical (unpaired) electrons. The summed E-state index contributed by atoms with van der Waals surface area (Å²) in [5.74, 6) is 0.0294. The zero-order valence-corrected chi connectivity index (χ0v) is 11.0. The van der Waals surface area contributed by atoms with Crippen molar-refractivity contribution in [3.05, 3.63) is 50.9 Å². The van der Waals surface area contributed by atoms with Gasteiger partial charge in [-0.05, 0) is 29.5 Å². The molecule has 0 bridgehead atoms. The van der Waals surface area contributed by atoms with Crippen molar-refractivity contribution >= 4 is 28.7 Å². The lowest BCUT2D eigenvalue weighted by atomic mass is 10.1. The maximum absolute atomic E-state index is 11.9. The molecule has 0 fully saturated rings. The molecular formula is C13H12ClNOS. The van der Waals surface area contributed by atoms with Crippen molar-refractivity contribution in [1.29, 1.82) is 0 Å². The first kappa shape index (κ1) is 12.3. The third-order valence-corrected chi connectivity index (χ3v) is 3.89. The SMILES string of the molecule is CCc1ccc(CC(=O)c2sccc2Cl)nc1. The van der Waals surface area contributed by atoms with E-state index in [1.54, 1.807) is 6.07 Å². The highest BCUT2D eigenvalue weighted by atomic mass is 35.5. The fraction of sp³-hybridized carbons (Fsp3) is 0.231. The minimum absolute atomic E-state index is 0.0294. The number of halogens is 1. The molecule has 0 amide bonds. The van der Waals surface area contributed by atoms with Crippen LogP contribution < -0.4 is 0 Å². The lowest BCUT2D eigenvalue weighted by molar-refractivity contribution is 0.0996. The molecule has 2 nitrogen and oxygen atoms in total. The van der Waals surface area contributed by atoms with Gasteiger partial charge >= 0.3 is 0 Å². The molecule has 0 aliphatic carbocycles. The Bertz CT molecular complexity index is 518. The van der Waals surface area contributed by atoms with Crippen LogP contribution in [0.3, 0.4) is 0 Å². The molecule has 0 aromatic carbocycles. The number of Topliss-reactive ketones (excluding diaryl/α,β-unsaturated/α-hetero) is 1. The number of carbonyl (C=O) groups excluding carboxylic acids is 1. The van der Waals surface area contributed by atoms with E-state index in [4.69, 9.17) is 11.6 Å². The molecule has 0 saturated carbocycles. The average Bonchev–Trinajstić information content (AvgIpc) is 2.76. The predicted molar refractivity (Wildman–Crippen MR) is 71.0 cm³/mol. The van der Waals surface area contributed by atoms with Gasteiger partial charge in [0.25, 0.3) is 0 Å². The first-order valence-electron chi connectivity index (χ1n) is 5.40. The number of nitrogens with zero attached hydrogens (tertiary/aromatic N) is 1. The molecule has 17 heavy (non-hydrogen) atoms. The molecule has 0 atom stereocenters. The second kappa shape index (κ2) is 5.43. The smallest absolute Gasteiger partial charge is 0.180 e. The number of pyridine rings is 1. The fourth-order valence-corrected chi connectivity index (χ4v) is 2.61. The van der Waals surface area contributed by atoms with E-state index in [-0.39, 0.29) is 5.78 Å². The molecule has 2 heterocycles. The first-order valence-corrected chi connectivity index (χ1v) is 6.66. The fourth-order valence-electron chi connectivity index (χ4n) is 1.51. The van der Waals surface area contributed by atoms with Crippen LogP contribution in [-0.4, -0.2) is 10.8 Å². The number of ketones is 1. The molecule has 0 spiro atoms. The van der Waals surface area contributed by atoms with Gasteiger partial charge in [-0.1, -0.05) is 24.6 Å². The van der Waals surface area contributed by atoms with Gasteiger partial charge in [0.2, 0.25) is 0 Å². The van der Waals surface area contributed by atoms with E-state index in [9.17, 15) is 4.79 Å². The van der Waals surface area contributed by atoms with E-state index in [0.717, 1.165) is 12.1 Å². The number of hydrogen-bond acceptors (Lipinski definition) is 3. The number of carbonyl (C=O) groups is 1. The van der Waals surface area contributed by atoms with Gasteiger partial charge in [0.1, 0.15) is 0 Å². The number of aromatic nitrogens is 1. The van der Waals surface area contributed by atoms with Gasteiger partial charge in [0.15, 0.2) is 5.78 Å². The molecule has 4 heteroatoms. The lowest BCUT2D eigenvalue weighted by Crippen LogP contribution is -2.03. The van der Waals surface area contributed by atoms with Crippen molar-refractivity contribution in [2.45, 2.75) is 19.8 Å². The van der Waals surface area contributed by atoms with Crippen molar-refractivity contribution in [2.24, 2.45) is 0 Å². The number of thiophene rings is 1. The quantitative estimate of drug-likeness (QED) is 0.788.